The quantitative estimate of drug-likeness (QED) is 0.703. The maximum atomic E-state index is 11.5. The number of hydrogen-bond acceptors (Lipinski definition) is 6. The van der Waals surface area contributed by atoms with Crippen molar-refractivity contribution in [2.24, 2.45) is 0 Å². The Morgan fingerprint density at radius 2 is 1.69 bits per heavy atom. The summed E-state index contributed by atoms with van der Waals surface area (Å²) < 4.78 is 14.0. The van der Waals surface area contributed by atoms with Crippen LogP contribution in [0.1, 0.15) is 20.7 Å². The van der Waals surface area contributed by atoms with Crippen molar-refractivity contribution < 1.29 is 23.8 Å². The molecule has 1 aromatic heterocycles. The molecule has 1 rings (SSSR count). The minimum absolute atomic E-state index is 0.00634. The average molecular weight is 225 g/mol. The summed E-state index contributed by atoms with van der Waals surface area (Å²) in [7, 11) is 3.79. The molecule has 0 fully saturated rings. The lowest BCUT2D eigenvalue weighted by Crippen LogP contribution is -2.13. The number of pyridine rings is 1. The van der Waals surface area contributed by atoms with Gasteiger partial charge in [0.25, 0.3) is 0 Å². The van der Waals surface area contributed by atoms with Gasteiger partial charge in [-0.15, -0.1) is 0 Å². The standard InChI is InChI=1S/C10H11NO5/c1-14-7-5-11-4-6(9(12)15-2)8(7)10(13)16-3/h4-5H,1-3H3. The van der Waals surface area contributed by atoms with E-state index < -0.39 is 11.9 Å². The molecular weight excluding hydrogens is 214 g/mol. The molecule has 0 unspecified atom stereocenters. The summed E-state index contributed by atoms with van der Waals surface area (Å²) in [5.74, 6) is -1.19. The Hall–Kier alpha value is -2.11. The maximum absolute atomic E-state index is 11.5. The van der Waals surface area contributed by atoms with Crippen molar-refractivity contribution in [3.8, 4) is 5.75 Å². The molecule has 0 aliphatic rings. The molecule has 1 heterocycles. The Labute approximate surface area is 92.1 Å². The molecule has 0 radical (unpaired) electrons. The third kappa shape index (κ3) is 2.10. The van der Waals surface area contributed by atoms with Crippen LogP contribution in [-0.2, 0) is 9.47 Å². The van der Waals surface area contributed by atoms with E-state index in [1.807, 2.05) is 0 Å². The monoisotopic (exact) mass is 225 g/mol. The Kier molecular flexibility index (Phi) is 3.82. The van der Waals surface area contributed by atoms with Crippen LogP contribution in [0.4, 0.5) is 0 Å². The fraction of sp³-hybridized carbons (Fsp3) is 0.300. The lowest BCUT2D eigenvalue weighted by molar-refractivity contribution is 0.0551. The van der Waals surface area contributed by atoms with Gasteiger partial charge in [-0.1, -0.05) is 0 Å². The number of aromatic nitrogens is 1. The Morgan fingerprint density at radius 1 is 1.06 bits per heavy atom. The molecule has 6 nitrogen and oxygen atoms in total. The summed E-state index contributed by atoms with van der Waals surface area (Å²) in [6.07, 6.45) is 2.54. The molecule has 0 aliphatic heterocycles. The van der Waals surface area contributed by atoms with Gasteiger partial charge >= 0.3 is 11.9 Å². The fourth-order valence-electron chi connectivity index (χ4n) is 1.17. The predicted octanol–water partition coefficient (Wildman–Crippen LogP) is 0.663. The zero-order chi connectivity index (χ0) is 12.1. The Balaban J connectivity index is 3.37. The average Bonchev–Trinajstić information content (AvgIpc) is 2.35. The number of carbonyl (C=O) groups is 2. The zero-order valence-corrected chi connectivity index (χ0v) is 9.14. The van der Waals surface area contributed by atoms with Crippen LogP contribution in [0.25, 0.3) is 0 Å². The van der Waals surface area contributed by atoms with Gasteiger partial charge in [-0.3, -0.25) is 4.98 Å². The Morgan fingerprint density at radius 3 is 2.19 bits per heavy atom. The van der Waals surface area contributed by atoms with Crippen molar-refractivity contribution >= 4 is 11.9 Å². The van der Waals surface area contributed by atoms with Crippen molar-refractivity contribution in [3.63, 3.8) is 0 Å². The number of carbonyl (C=O) groups excluding carboxylic acids is 2. The second-order valence-electron chi connectivity index (χ2n) is 2.75. The molecule has 0 saturated carbocycles. The van der Waals surface area contributed by atoms with E-state index in [2.05, 4.69) is 14.5 Å². The van der Waals surface area contributed by atoms with E-state index in [1.54, 1.807) is 0 Å². The van der Waals surface area contributed by atoms with Crippen LogP contribution in [0.3, 0.4) is 0 Å². The first-order valence-corrected chi connectivity index (χ1v) is 4.34. The largest absolute Gasteiger partial charge is 0.494 e. The summed E-state index contributed by atoms with van der Waals surface area (Å²) in [5, 5.41) is 0. The molecular formula is C10H11NO5. The summed E-state index contributed by atoms with van der Waals surface area (Å²) >= 11 is 0. The minimum atomic E-state index is -0.681. The third-order valence-corrected chi connectivity index (χ3v) is 1.93. The number of ether oxygens (including phenoxy) is 3. The molecule has 0 saturated heterocycles. The van der Waals surface area contributed by atoms with Crippen molar-refractivity contribution in [3.05, 3.63) is 23.5 Å². The van der Waals surface area contributed by atoms with Gasteiger partial charge in [-0.25, -0.2) is 9.59 Å². The van der Waals surface area contributed by atoms with E-state index in [-0.39, 0.29) is 16.9 Å². The molecule has 6 heteroatoms. The summed E-state index contributed by atoms with van der Waals surface area (Å²) in [6.45, 7) is 0. The first kappa shape index (κ1) is 12.0. The second-order valence-corrected chi connectivity index (χ2v) is 2.75. The van der Waals surface area contributed by atoms with E-state index in [9.17, 15) is 9.59 Å². The van der Waals surface area contributed by atoms with Gasteiger partial charge in [0.1, 0.15) is 5.56 Å². The number of hydrogen-bond donors (Lipinski definition) is 0. The van der Waals surface area contributed by atoms with Gasteiger partial charge < -0.3 is 14.2 Å². The SMILES string of the molecule is COC(=O)c1cncc(OC)c1C(=O)OC. The van der Waals surface area contributed by atoms with E-state index in [0.717, 1.165) is 0 Å². The number of esters is 2. The molecule has 0 aromatic carbocycles. The number of methoxy groups -OCH3 is 3. The first-order valence-electron chi connectivity index (χ1n) is 4.34. The van der Waals surface area contributed by atoms with E-state index >= 15 is 0 Å². The van der Waals surface area contributed by atoms with E-state index in [0.29, 0.717) is 0 Å². The lowest BCUT2D eigenvalue weighted by Gasteiger charge is -2.09. The zero-order valence-electron chi connectivity index (χ0n) is 9.14. The second kappa shape index (κ2) is 5.11. The maximum Gasteiger partial charge on any atom is 0.342 e. The third-order valence-electron chi connectivity index (χ3n) is 1.93. The fourth-order valence-corrected chi connectivity index (χ4v) is 1.17. The number of rotatable bonds is 3. The van der Waals surface area contributed by atoms with Gasteiger partial charge in [0, 0.05) is 6.20 Å². The van der Waals surface area contributed by atoms with Crippen molar-refractivity contribution in [2.75, 3.05) is 21.3 Å². The highest BCUT2D eigenvalue weighted by Crippen LogP contribution is 2.22. The van der Waals surface area contributed by atoms with Crippen LogP contribution < -0.4 is 4.74 Å². The molecule has 0 spiro atoms. The molecule has 0 atom stereocenters. The van der Waals surface area contributed by atoms with Crippen molar-refractivity contribution in [1.29, 1.82) is 0 Å². The van der Waals surface area contributed by atoms with Crippen molar-refractivity contribution in [1.82, 2.24) is 4.98 Å². The molecule has 0 aliphatic carbocycles. The van der Waals surface area contributed by atoms with Gasteiger partial charge in [-0.2, -0.15) is 0 Å². The number of nitrogens with zero attached hydrogens (tertiary/aromatic N) is 1. The first-order chi connectivity index (χ1) is 7.65. The molecule has 0 amide bonds. The normalized spacial score (nSPS) is 9.44. The van der Waals surface area contributed by atoms with Gasteiger partial charge in [0.15, 0.2) is 5.75 Å². The van der Waals surface area contributed by atoms with Crippen LogP contribution >= 0.6 is 0 Å². The summed E-state index contributed by atoms with van der Waals surface area (Å²) in [4.78, 5) is 26.7. The van der Waals surface area contributed by atoms with Crippen LogP contribution in [0.15, 0.2) is 12.4 Å². The van der Waals surface area contributed by atoms with Crippen LogP contribution in [0.2, 0.25) is 0 Å². The molecule has 86 valence electrons. The summed E-state index contributed by atoms with van der Waals surface area (Å²) in [6, 6.07) is 0. The van der Waals surface area contributed by atoms with Crippen LogP contribution in [-0.4, -0.2) is 38.3 Å². The van der Waals surface area contributed by atoms with E-state index in [4.69, 9.17) is 4.74 Å². The smallest absolute Gasteiger partial charge is 0.342 e. The van der Waals surface area contributed by atoms with Crippen LogP contribution in [0.5, 0.6) is 5.75 Å². The van der Waals surface area contributed by atoms with Gasteiger partial charge in [0.2, 0.25) is 0 Å². The van der Waals surface area contributed by atoms with Gasteiger partial charge in [0.05, 0.1) is 33.1 Å². The molecule has 16 heavy (non-hydrogen) atoms. The van der Waals surface area contributed by atoms with Crippen LogP contribution in [0, 0.1) is 0 Å². The van der Waals surface area contributed by atoms with E-state index in [1.165, 1.54) is 33.7 Å². The highest BCUT2D eigenvalue weighted by Gasteiger charge is 2.23. The summed E-state index contributed by atoms with van der Waals surface area (Å²) in [5.41, 5.74) is 0.0144. The van der Waals surface area contributed by atoms with Crippen molar-refractivity contribution in [2.45, 2.75) is 0 Å². The highest BCUT2D eigenvalue weighted by molar-refractivity contribution is 6.04. The highest BCUT2D eigenvalue weighted by atomic mass is 16.5. The molecule has 0 N–H and O–H groups in total. The predicted molar refractivity (Wildman–Crippen MR) is 53.5 cm³/mol. The minimum Gasteiger partial charge on any atom is -0.494 e. The Bertz CT molecular complexity index is 416. The van der Waals surface area contributed by atoms with Gasteiger partial charge in [-0.05, 0) is 0 Å². The molecule has 0 bridgehead atoms. The lowest BCUT2D eigenvalue weighted by atomic mass is 10.1. The topological polar surface area (TPSA) is 74.7 Å². The molecule has 1 aromatic rings.